The molecule has 0 spiro atoms. The quantitative estimate of drug-likeness (QED) is 0.422. The first-order chi connectivity index (χ1) is 12.8. The molecule has 4 aromatic rings. The van der Waals surface area contributed by atoms with Gasteiger partial charge < -0.3 is 4.57 Å². The van der Waals surface area contributed by atoms with Crippen molar-refractivity contribution in [1.82, 2.24) is 19.7 Å². The number of aromatic nitrogens is 4. The maximum atomic E-state index is 4.76. The van der Waals surface area contributed by atoms with E-state index < -0.39 is 0 Å². The number of nitrogens with zero attached hydrogens (tertiary/aromatic N) is 4. The number of hydrogen-bond donors (Lipinski definition) is 0. The molecule has 4 rings (SSSR count). The first-order valence-electron chi connectivity index (χ1n) is 8.46. The Morgan fingerprint density at radius 2 is 1.62 bits per heavy atom. The van der Waals surface area contributed by atoms with Crippen molar-refractivity contribution in [2.24, 2.45) is 0 Å². The van der Waals surface area contributed by atoms with E-state index in [0.717, 1.165) is 45.1 Å². The van der Waals surface area contributed by atoms with Crippen molar-refractivity contribution in [2.75, 3.05) is 0 Å². The molecule has 0 aliphatic carbocycles. The van der Waals surface area contributed by atoms with Gasteiger partial charge >= 0.3 is 0 Å². The SMILES string of the molecule is CCn1c(SCc2csc(-c3ccccc3)n2)nnc1-c1ccccc1. The third-order valence-electron chi connectivity index (χ3n) is 3.99. The molecule has 0 aliphatic heterocycles. The van der Waals surface area contributed by atoms with Crippen molar-refractivity contribution in [2.45, 2.75) is 24.4 Å². The summed E-state index contributed by atoms with van der Waals surface area (Å²) < 4.78 is 2.16. The van der Waals surface area contributed by atoms with E-state index in [2.05, 4.69) is 51.3 Å². The summed E-state index contributed by atoms with van der Waals surface area (Å²) in [5.41, 5.74) is 3.33. The molecule has 6 heteroatoms. The standard InChI is InChI=1S/C20H18N4S2/c1-2-24-18(15-9-5-3-6-10-15)22-23-20(24)26-14-17-13-25-19(21-17)16-11-7-4-8-12-16/h3-13H,2,14H2,1H3. The van der Waals surface area contributed by atoms with Crippen LogP contribution in [0.3, 0.4) is 0 Å². The zero-order valence-electron chi connectivity index (χ0n) is 14.4. The fraction of sp³-hybridized carbons (Fsp3) is 0.150. The molecule has 0 fully saturated rings. The molecular weight excluding hydrogens is 360 g/mol. The van der Waals surface area contributed by atoms with E-state index in [-0.39, 0.29) is 0 Å². The van der Waals surface area contributed by atoms with E-state index in [1.54, 1.807) is 23.1 Å². The molecule has 0 atom stereocenters. The lowest BCUT2D eigenvalue weighted by molar-refractivity contribution is 0.687. The summed E-state index contributed by atoms with van der Waals surface area (Å²) in [6, 6.07) is 20.5. The highest BCUT2D eigenvalue weighted by atomic mass is 32.2. The van der Waals surface area contributed by atoms with Crippen LogP contribution in [0, 0.1) is 0 Å². The third kappa shape index (κ3) is 3.57. The molecule has 26 heavy (non-hydrogen) atoms. The minimum absolute atomic E-state index is 0.788. The Labute approximate surface area is 161 Å². The van der Waals surface area contributed by atoms with Crippen LogP contribution in [-0.4, -0.2) is 19.7 Å². The van der Waals surface area contributed by atoms with Gasteiger partial charge in [0.1, 0.15) is 5.01 Å². The summed E-state index contributed by atoms with van der Waals surface area (Å²) in [4.78, 5) is 4.76. The van der Waals surface area contributed by atoms with Crippen LogP contribution >= 0.6 is 23.1 Å². The molecule has 4 nitrogen and oxygen atoms in total. The van der Waals surface area contributed by atoms with Gasteiger partial charge in [0.05, 0.1) is 5.69 Å². The van der Waals surface area contributed by atoms with E-state index in [9.17, 15) is 0 Å². The number of thiazole rings is 1. The van der Waals surface area contributed by atoms with Crippen molar-refractivity contribution in [1.29, 1.82) is 0 Å². The van der Waals surface area contributed by atoms with Gasteiger partial charge in [-0.15, -0.1) is 21.5 Å². The van der Waals surface area contributed by atoms with Crippen molar-refractivity contribution in [3.05, 3.63) is 71.7 Å². The highest BCUT2D eigenvalue weighted by molar-refractivity contribution is 7.98. The summed E-state index contributed by atoms with van der Waals surface area (Å²) in [6.07, 6.45) is 0. The molecule has 0 bridgehead atoms. The molecular formula is C20H18N4S2. The van der Waals surface area contributed by atoms with Gasteiger partial charge in [0.2, 0.25) is 0 Å². The molecule has 0 saturated heterocycles. The fourth-order valence-corrected chi connectivity index (χ4v) is 4.53. The van der Waals surface area contributed by atoms with Crippen LogP contribution in [0.4, 0.5) is 0 Å². The zero-order chi connectivity index (χ0) is 17.8. The maximum Gasteiger partial charge on any atom is 0.191 e. The fourth-order valence-electron chi connectivity index (χ4n) is 2.71. The van der Waals surface area contributed by atoms with Crippen LogP contribution < -0.4 is 0 Å². The number of benzene rings is 2. The van der Waals surface area contributed by atoms with Crippen LogP contribution in [-0.2, 0) is 12.3 Å². The predicted molar refractivity (Wildman–Crippen MR) is 108 cm³/mol. The lowest BCUT2D eigenvalue weighted by atomic mass is 10.2. The molecule has 2 aromatic carbocycles. The van der Waals surface area contributed by atoms with E-state index in [4.69, 9.17) is 4.98 Å². The van der Waals surface area contributed by atoms with Gasteiger partial charge in [-0.05, 0) is 6.92 Å². The summed E-state index contributed by atoms with van der Waals surface area (Å²) in [7, 11) is 0. The molecule has 0 aliphatic rings. The Morgan fingerprint density at radius 3 is 2.31 bits per heavy atom. The Hall–Kier alpha value is -2.44. The minimum Gasteiger partial charge on any atom is -0.302 e. The zero-order valence-corrected chi connectivity index (χ0v) is 16.0. The van der Waals surface area contributed by atoms with Gasteiger partial charge in [0.25, 0.3) is 0 Å². The maximum absolute atomic E-state index is 4.76. The van der Waals surface area contributed by atoms with Crippen molar-refractivity contribution < 1.29 is 0 Å². The third-order valence-corrected chi connectivity index (χ3v) is 5.93. The molecule has 130 valence electrons. The van der Waals surface area contributed by atoms with E-state index in [0.29, 0.717) is 0 Å². The average Bonchev–Trinajstić information content (AvgIpc) is 3.34. The normalized spacial score (nSPS) is 11.0. The predicted octanol–water partition coefficient (Wildman–Crippen LogP) is 5.38. The molecule has 0 radical (unpaired) electrons. The topological polar surface area (TPSA) is 43.6 Å². The van der Waals surface area contributed by atoms with Crippen molar-refractivity contribution in [3.8, 4) is 22.0 Å². The lowest BCUT2D eigenvalue weighted by Crippen LogP contribution is -1.99. The van der Waals surface area contributed by atoms with Gasteiger partial charge in [-0.2, -0.15) is 0 Å². The van der Waals surface area contributed by atoms with Crippen molar-refractivity contribution in [3.63, 3.8) is 0 Å². The summed E-state index contributed by atoms with van der Waals surface area (Å²) in [6.45, 7) is 2.96. The average molecular weight is 379 g/mol. The minimum atomic E-state index is 0.788. The van der Waals surface area contributed by atoms with Gasteiger partial charge in [-0.25, -0.2) is 4.98 Å². The number of hydrogen-bond acceptors (Lipinski definition) is 5. The Morgan fingerprint density at radius 1 is 0.923 bits per heavy atom. The van der Waals surface area contributed by atoms with Gasteiger partial charge in [0, 0.05) is 28.8 Å². The van der Waals surface area contributed by atoms with Crippen LogP contribution in [0.5, 0.6) is 0 Å². The largest absolute Gasteiger partial charge is 0.302 e. The first-order valence-corrected chi connectivity index (χ1v) is 10.3. The number of thioether (sulfide) groups is 1. The summed E-state index contributed by atoms with van der Waals surface area (Å²) in [5, 5.41) is 12.9. The number of rotatable bonds is 6. The molecule has 0 unspecified atom stereocenters. The smallest absolute Gasteiger partial charge is 0.191 e. The van der Waals surface area contributed by atoms with E-state index in [1.165, 1.54) is 0 Å². The van der Waals surface area contributed by atoms with E-state index >= 15 is 0 Å². The van der Waals surface area contributed by atoms with Crippen LogP contribution in [0.25, 0.3) is 22.0 Å². The molecule has 0 saturated carbocycles. The van der Waals surface area contributed by atoms with Crippen LogP contribution in [0.15, 0.2) is 71.2 Å². The molecule has 2 heterocycles. The second-order valence-corrected chi connectivity index (χ2v) is 7.52. The monoisotopic (exact) mass is 378 g/mol. The summed E-state index contributed by atoms with van der Waals surface area (Å²) in [5.74, 6) is 1.70. The molecule has 2 aromatic heterocycles. The second-order valence-electron chi connectivity index (χ2n) is 5.72. The Kier molecular flexibility index (Phi) is 5.13. The van der Waals surface area contributed by atoms with Crippen LogP contribution in [0.1, 0.15) is 12.6 Å². The highest BCUT2D eigenvalue weighted by Crippen LogP contribution is 2.29. The van der Waals surface area contributed by atoms with E-state index in [1.807, 2.05) is 36.4 Å². The molecule has 0 amide bonds. The highest BCUT2D eigenvalue weighted by Gasteiger charge is 2.14. The lowest BCUT2D eigenvalue weighted by Gasteiger charge is -2.06. The van der Waals surface area contributed by atoms with Gasteiger partial charge in [-0.3, -0.25) is 0 Å². The second kappa shape index (κ2) is 7.85. The van der Waals surface area contributed by atoms with Gasteiger partial charge in [0.15, 0.2) is 11.0 Å². The summed E-state index contributed by atoms with van der Waals surface area (Å²) >= 11 is 3.36. The van der Waals surface area contributed by atoms with Crippen LogP contribution in [0.2, 0.25) is 0 Å². The molecule has 0 N–H and O–H groups in total. The first kappa shape index (κ1) is 17.0. The van der Waals surface area contributed by atoms with Gasteiger partial charge in [-0.1, -0.05) is 72.4 Å². The van der Waals surface area contributed by atoms with Crippen molar-refractivity contribution >= 4 is 23.1 Å². The Bertz CT molecular complexity index is 977. The Balaban J connectivity index is 1.50.